The van der Waals surface area contributed by atoms with Gasteiger partial charge in [-0.3, -0.25) is 0 Å². The summed E-state index contributed by atoms with van der Waals surface area (Å²) < 4.78 is 11.2. The lowest BCUT2D eigenvalue weighted by atomic mass is 9.97. The number of thiol groups is 1. The summed E-state index contributed by atoms with van der Waals surface area (Å²) in [6.07, 6.45) is 8.33. The van der Waals surface area contributed by atoms with Gasteiger partial charge in [0.15, 0.2) is 0 Å². The van der Waals surface area contributed by atoms with Crippen molar-refractivity contribution in [2.75, 3.05) is 0 Å². The van der Waals surface area contributed by atoms with E-state index in [2.05, 4.69) is 12.2 Å². The van der Waals surface area contributed by atoms with Crippen LogP contribution < -0.4 is 0 Å². The van der Waals surface area contributed by atoms with Gasteiger partial charge in [0.25, 0.3) is 0 Å². The highest BCUT2D eigenvalue weighted by Gasteiger charge is 2.26. The van der Waals surface area contributed by atoms with Crippen LogP contribution in [-0.2, 0) is 9.05 Å². The molecule has 0 heterocycles. The van der Waals surface area contributed by atoms with Crippen LogP contribution >= 0.6 is 19.8 Å². The van der Waals surface area contributed by atoms with Gasteiger partial charge in [-0.25, -0.2) is 0 Å². The van der Waals surface area contributed by atoms with Crippen molar-refractivity contribution in [3.63, 3.8) is 0 Å². The predicted molar refractivity (Wildman–Crippen MR) is 53.4 cm³/mol. The smallest absolute Gasteiger partial charge is 0.235 e. The minimum atomic E-state index is -0.874. The molecule has 12 heavy (non-hydrogen) atoms. The summed E-state index contributed by atoms with van der Waals surface area (Å²) in [6, 6.07) is 0. The quantitative estimate of drug-likeness (QED) is 0.562. The molecule has 0 amide bonds. The second-order valence-corrected chi connectivity index (χ2v) is 5.43. The van der Waals surface area contributed by atoms with E-state index in [0.717, 1.165) is 0 Å². The van der Waals surface area contributed by atoms with Gasteiger partial charge in [-0.05, 0) is 38.5 Å². The Labute approximate surface area is 80.1 Å². The summed E-state index contributed by atoms with van der Waals surface area (Å²) in [5, 5.41) is 0. The number of hydrogen-bond donors (Lipinski definition) is 1. The van der Waals surface area contributed by atoms with Gasteiger partial charge in [-0.1, -0.05) is 12.2 Å². The molecule has 0 saturated heterocycles. The van der Waals surface area contributed by atoms with Gasteiger partial charge in [-0.2, -0.15) is 0 Å². The maximum absolute atomic E-state index is 5.60. The first-order chi connectivity index (χ1) is 5.84. The largest absolute Gasteiger partial charge is 0.323 e. The van der Waals surface area contributed by atoms with E-state index in [1.165, 1.54) is 38.5 Å². The standard InChI is InChI=1S/C8H15O2PS/c12-11(9-7-3-1-4-7)10-8-5-2-6-8/h7-8,12H,1-6H2. The van der Waals surface area contributed by atoms with Gasteiger partial charge >= 0.3 is 0 Å². The van der Waals surface area contributed by atoms with Crippen molar-refractivity contribution in [3.05, 3.63) is 0 Å². The lowest BCUT2D eigenvalue weighted by Crippen LogP contribution is -2.22. The van der Waals surface area contributed by atoms with Gasteiger partial charge < -0.3 is 9.05 Å². The Balaban J connectivity index is 1.58. The molecule has 0 atom stereocenters. The monoisotopic (exact) mass is 206 g/mol. The lowest BCUT2D eigenvalue weighted by molar-refractivity contribution is 0.0775. The van der Waals surface area contributed by atoms with E-state index in [4.69, 9.17) is 9.05 Å². The van der Waals surface area contributed by atoms with Crippen molar-refractivity contribution >= 4 is 19.8 Å². The van der Waals surface area contributed by atoms with Crippen molar-refractivity contribution in [1.82, 2.24) is 0 Å². The Bertz CT molecular complexity index is 132. The maximum Gasteiger partial charge on any atom is 0.235 e. The molecular weight excluding hydrogens is 191 g/mol. The minimum absolute atomic E-state index is 0.452. The molecule has 2 nitrogen and oxygen atoms in total. The van der Waals surface area contributed by atoms with Crippen LogP contribution in [0, 0.1) is 0 Å². The zero-order chi connectivity index (χ0) is 8.39. The SMILES string of the molecule is SP(OC1CCC1)OC1CCC1. The molecule has 0 bridgehead atoms. The fraction of sp³-hybridized carbons (Fsp3) is 1.00. The molecule has 4 heteroatoms. The van der Waals surface area contributed by atoms with Crippen LogP contribution in [0.3, 0.4) is 0 Å². The van der Waals surface area contributed by atoms with Gasteiger partial charge in [0.1, 0.15) is 0 Å². The molecule has 0 N–H and O–H groups in total. The van der Waals surface area contributed by atoms with Gasteiger partial charge in [0.05, 0.1) is 12.2 Å². The Morgan fingerprint density at radius 3 is 1.58 bits per heavy atom. The Kier molecular flexibility index (Phi) is 3.30. The average molecular weight is 206 g/mol. The van der Waals surface area contributed by atoms with Gasteiger partial charge in [-0.15, -0.1) is 0 Å². The molecule has 0 aromatic rings. The zero-order valence-electron chi connectivity index (χ0n) is 7.11. The van der Waals surface area contributed by atoms with Crippen LogP contribution in [0.5, 0.6) is 0 Å². The second-order valence-electron chi connectivity index (χ2n) is 3.55. The third-order valence-electron chi connectivity index (χ3n) is 2.58. The summed E-state index contributed by atoms with van der Waals surface area (Å²) in [4.78, 5) is 0. The Hall–Kier alpha value is 0.700. The van der Waals surface area contributed by atoms with E-state index < -0.39 is 7.58 Å². The summed E-state index contributed by atoms with van der Waals surface area (Å²) in [7, 11) is -0.874. The molecule has 2 rings (SSSR count). The van der Waals surface area contributed by atoms with Crippen LogP contribution in [0.1, 0.15) is 38.5 Å². The third-order valence-corrected chi connectivity index (χ3v) is 4.11. The number of hydrogen-bond acceptors (Lipinski definition) is 3. The summed E-state index contributed by atoms with van der Waals surface area (Å²) in [5.74, 6) is 0. The first kappa shape index (κ1) is 9.26. The summed E-state index contributed by atoms with van der Waals surface area (Å²) in [6.45, 7) is 0. The Morgan fingerprint density at radius 1 is 0.917 bits per heavy atom. The topological polar surface area (TPSA) is 18.5 Å². The molecule has 0 aromatic heterocycles. The first-order valence-corrected chi connectivity index (χ1v) is 7.00. The molecular formula is C8H15O2PS. The van der Waals surface area contributed by atoms with Crippen LogP contribution in [-0.4, -0.2) is 12.2 Å². The van der Waals surface area contributed by atoms with E-state index in [9.17, 15) is 0 Å². The van der Waals surface area contributed by atoms with Crippen LogP contribution in [0.25, 0.3) is 0 Å². The zero-order valence-corrected chi connectivity index (χ0v) is 8.90. The molecule has 0 aliphatic heterocycles. The molecule has 2 fully saturated rings. The van der Waals surface area contributed by atoms with E-state index in [0.29, 0.717) is 12.2 Å². The number of rotatable bonds is 4. The van der Waals surface area contributed by atoms with Crippen molar-refractivity contribution in [2.24, 2.45) is 0 Å². The highest BCUT2D eigenvalue weighted by atomic mass is 32.7. The first-order valence-electron chi connectivity index (χ1n) is 4.67. The fourth-order valence-corrected chi connectivity index (χ4v) is 3.01. The molecule has 2 saturated carbocycles. The summed E-state index contributed by atoms with van der Waals surface area (Å²) >= 11 is 4.30. The van der Waals surface area contributed by atoms with Crippen LogP contribution in [0.15, 0.2) is 0 Å². The van der Waals surface area contributed by atoms with Crippen LogP contribution in [0.4, 0.5) is 0 Å². The van der Waals surface area contributed by atoms with Gasteiger partial charge in [0, 0.05) is 0 Å². The maximum atomic E-state index is 5.60. The minimum Gasteiger partial charge on any atom is -0.323 e. The normalized spacial score (nSPS) is 25.5. The second kappa shape index (κ2) is 4.28. The summed E-state index contributed by atoms with van der Waals surface area (Å²) in [5.41, 5.74) is 0. The highest BCUT2D eigenvalue weighted by Crippen LogP contribution is 2.50. The van der Waals surface area contributed by atoms with Crippen LogP contribution in [0.2, 0.25) is 0 Å². The lowest BCUT2D eigenvalue weighted by Gasteiger charge is -2.31. The van der Waals surface area contributed by atoms with E-state index in [1.807, 2.05) is 0 Å². The molecule has 0 radical (unpaired) electrons. The van der Waals surface area contributed by atoms with Crippen molar-refractivity contribution < 1.29 is 9.05 Å². The van der Waals surface area contributed by atoms with Crippen molar-refractivity contribution in [1.29, 1.82) is 0 Å². The molecule has 0 aromatic carbocycles. The van der Waals surface area contributed by atoms with Crippen molar-refractivity contribution in [3.8, 4) is 0 Å². The van der Waals surface area contributed by atoms with E-state index in [-0.39, 0.29) is 0 Å². The Morgan fingerprint density at radius 2 is 1.33 bits per heavy atom. The third kappa shape index (κ3) is 2.35. The average Bonchev–Trinajstić information content (AvgIpc) is 1.89. The molecule has 0 unspecified atom stereocenters. The van der Waals surface area contributed by atoms with E-state index in [1.54, 1.807) is 0 Å². The predicted octanol–water partition coefficient (Wildman–Crippen LogP) is 3.28. The molecule has 70 valence electrons. The van der Waals surface area contributed by atoms with Gasteiger partial charge in [0.2, 0.25) is 7.58 Å². The fourth-order valence-electron chi connectivity index (χ4n) is 1.23. The molecule has 2 aliphatic carbocycles. The van der Waals surface area contributed by atoms with E-state index >= 15 is 0 Å². The highest BCUT2D eigenvalue weighted by molar-refractivity contribution is 8.41. The van der Waals surface area contributed by atoms with Crippen molar-refractivity contribution in [2.45, 2.75) is 50.7 Å². The molecule has 0 spiro atoms. The molecule has 2 aliphatic rings.